The molecule has 1 unspecified atom stereocenters. The number of hydrogen-bond donors (Lipinski definition) is 1. The Morgan fingerprint density at radius 1 is 1.16 bits per heavy atom. The van der Waals surface area contributed by atoms with E-state index in [4.69, 9.17) is 0 Å². The van der Waals surface area contributed by atoms with E-state index >= 15 is 0 Å². The maximum atomic E-state index is 13.5. The van der Waals surface area contributed by atoms with Crippen LogP contribution in [0.2, 0.25) is 0 Å². The van der Waals surface area contributed by atoms with Crippen LogP contribution in [0.4, 0.5) is 13.2 Å². The number of amides is 1. The number of halogens is 4. The van der Waals surface area contributed by atoms with E-state index in [9.17, 15) is 23.1 Å². The Kier molecular flexibility index (Phi) is 4.42. The van der Waals surface area contributed by atoms with E-state index in [1.165, 1.54) is 24.3 Å². The van der Waals surface area contributed by atoms with Crippen LogP contribution >= 0.6 is 15.9 Å². The van der Waals surface area contributed by atoms with Crippen molar-refractivity contribution in [1.82, 2.24) is 5.01 Å². The fourth-order valence-corrected chi connectivity index (χ4v) is 2.91. The van der Waals surface area contributed by atoms with E-state index in [0.717, 1.165) is 0 Å². The molecule has 0 aliphatic carbocycles. The van der Waals surface area contributed by atoms with Crippen LogP contribution in [-0.4, -0.2) is 33.6 Å². The fourth-order valence-electron chi connectivity index (χ4n) is 2.51. The van der Waals surface area contributed by atoms with Gasteiger partial charge in [0.25, 0.3) is 11.6 Å². The predicted octanol–water partition coefficient (Wildman–Crippen LogP) is 3.95. The van der Waals surface area contributed by atoms with E-state index in [0.29, 0.717) is 10.0 Å². The number of alkyl halides is 3. The Morgan fingerprint density at radius 2 is 1.84 bits per heavy atom. The van der Waals surface area contributed by atoms with Crippen LogP contribution in [0.5, 0.6) is 0 Å². The van der Waals surface area contributed by atoms with Gasteiger partial charge in [-0.2, -0.15) is 23.3 Å². The molecule has 0 fully saturated rings. The second-order valence-electron chi connectivity index (χ2n) is 5.53. The van der Waals surface area contributed by atoms with Gasteiger partial charge >= 0.3 is 6.18 Å². The summed E-state index contributed by atoms with van der Waals surface area (Å²) in [6.07, 6.45) is -5.90. The molecule has 25 heavy (non-hydrogen) atoms. The summed E-state index contributed by atoms with van der Waals surface area (Å²) in [6.45, 7) is 0. The number of carbonyl (C=O) groups excluding carboxylic acids is 1. The summed E-state index contributed by atoms with van der Waals surface area (Å²) in [7, 11) is 0. The van der Waals surface area contributed by atoms with Crippen LogP contribution in [0.15, 0.2) is 64.2 Å². The van der Waals surface area contributed by atoms with Crippen LogP contribution in [-0.2, 0) is 0 Å². The zero-order valence-corrected chi connectivity index (χ0v) is 14.3. The van der Waals surface area contributed by atoms with Gasteiger partial charge in [0, 0.05) is 10.0 Å². The molecule has 3 rings (SSSR count). The molecule has 1 aliphatic heterocycles. The summed E-state index contributed by atoms with van der Waals surface area (Å²) in [5.41, 5.74) is -3.02. The smallest absolute Gasteiger partial charge is 0.362 e. The molecule has 1 heterocycles. The molecular weight excluding hydrogens is 401 g/mol. The largest absolute Gasteiger partial charge is 0.438 e. The first-order chi connectivity index (χ1) is 11.7. The Hall–Kier alpha value is -2.19. The van der Waals surface area contributed by atoms with Crippen molar-refractivity contribution in [3.63, 3.8) is 0 Å². The standard InChI is InChI=1S/C17H12BrF3N2O2/c18-13-8-4-7-12(9-13)14-10-16(25,17(19,20)21)23(22-14)15(24)11-5-2-1-3-6-11/h1-9,25H,10H2. The monoisotopic (exact) mass is 412 g/mol. The van der Waals surface area contributed by atoms with Crippen molar-refractivity contribution in [2.45, 2.75) is 18.3 Å². The first-order valence-electron chi connectivity index (χ1n) is 7.24. The molecular formula is C17H12BrF3N2O2. The molecule has 0 bridgehead atoms. The zero-order chi connectivity index (χ0) is 18.2. The Labute approximate surface area is 149 Å². The quantitative estimate of drug-likeness (QED) is 0.811. The van der Waals surface area contributed by atoms with Crippen LogP contribution in [0, 0.1) is 0 Å². The number of hydrazone groups is 1. The highest BCUT2D eigenvalue weighted by molar-refractivity contribution is 9.10. The molecule has 0 aromatic heterocycles. The third-order valence-corrected chi connectivity index (χ3v) is 4.30. The van der Waals surface area contributed by atoms with E-state index in [2.05, 4.69) is 21.0 Å². The third kappa shape index (κ3) is 3.19. The lowest BCUT2D eigenvalue weighted by molar-refractivity contribution is -0.297. The van der Waals surface area contributed by atoms with Crippen molar-refractivity contribution < 1.29 is 23.1 Å². The lowest BCUT2D eigenvalue weighted by Crippen LogP contribution is -2.56. The first-order valence-corrected chi connectivity index (χ1v) is 8.04. The minimum atomic E-state index is -5.06. The van der Waals surface area contributed by atoms with Crippen LogP contribution in [0.1, 0.15) is 22.3 Å². The van der Waals surface area contributed by atoms with Crippen molar-refractivity contribution in [2.24, 2.45) is 5.10 Å². The average molecular weight is 413 g/mol. The summed E-state index contributed by atoms with van der Waals surface area (Å²) < 4.78 is 41.2. The van der Waals surface area contributed by atoms with Crippen LogP contribution < -0.4 is 0 Å². The Morgan fingerprint density at radius 3 is 2.44 bits per heavy atom. The average Bonchev–Trinajstić information content (AvgIpc) is 2.94. The molecule has 0 radical (unpaired) electrons. The summed E-state index contributed by atoms with van der Waals surface area (Å²) in [5.74, 6) is -1.02. The number of aliphatic hydroxyl groups is 1. The van der Waals surface area contributed by atoms with Crippen LogP contribution in [0.3, 0.4) is 0 Å². The highest BCUT2D eigenvalue weighted by Gasteiger charge is 2.63. The molecule has 1 aliphatic rings. The summed E-state index contributed by atoms with van der Waals surface area (Å²) in [6, 6.07) is 13.9. The summed E-state index contributed by atoms with van der Waals surface area (Å²) in [4.78, 5) is 12.5. The van der Waals surface area contributed by atoms with Crippen molar-refractivity contribution in [3.05, 3.63) is 70.2 Å². The molecule has 2 aromatic carbocycles. The van der Waals surface area contributed by atoms with E-state index in [1.54, 1.807) is 30.3 Å². The zero-order valence-electron chi connectivity index (χ0n) is 12.7. The Bertz CT molecular complexity index is 839. The molecule has 1 N–H and O–H groups in total. The maximum absolute atomic E-state index is 13.5. The van der Waals surface area contributed by atoms with Gasteiger partial charge in [-0.1, -0.05) is 46.3 Å². The van der Waals surface area contributed by atoms with Gasteiger partial charge in [0.05, 0.1) is 12.1 Å². The fraction of sp³-hybridized carbons (Fsp3) is 0.176. The molecule has 0 saturated heterocycles. The first kappa shape index (κ1) is 17.6. The second kappa shape index (κ2) is 6.27. The van der Waals surface area contributed by atoms with Crippen molar-refractivity contribution >= 4 is 27.5 Å². The lowest BCUT2D eigenvalue weighted by atomic mass is 10.0. The van der Waals surface area contributed by atoms with E-state index < -0.39 is 24.2 Å². The van der Waals surface area contributed by atoms with Gasteiger partial charge in [0.15, 0.2) is 0 Å². The third-order valence-electron chi connectivity index (χ3n) is 3.81. The molecule has 0 saturated carbocycles. The lowest BCUT2D eigenvalue weighted by Gasteiger charge is -2.32. The topological polar surface area (TPSA) is 52.9 Å². The van der Waals surface area contributed by atoms with Gasteiger partial charge in [0.2, 0.25) is 0 Å². The molecule has 1 amide bonds. The van der Waals surface area contributed by atoms with Gasteiger partial charge < -0.3 is 5.11 Å². The highest BCUT2D eigenvalue weighted by atomic mass is 79.9. The van der Waals surface area contributed by atoms with Crippen molar-refractivity contribution in [2.75, 3.05) is 0 Å². The number of hydrogen-bond acceptors (Lipinski definition) is 3. The van der Waals surface area contributed by atoms with Crippen LogP contribution in [0.25, 0.3) is 0 Å². The number of benzene rings is 2. The van der Waals surface area contributed by atoms with Crippen molar-refractivity contribution in [3.8, 4) is 0 Å². The van der Waals surface area contributed by atoms with Gasteiger partial charge in [-0.15, -0.1) is 0 Å². The molecule has 2 aromatic rings. The SMILES string of the molecule is O=C(c1ccccc1)N1N=C(c2cccc(Br)c2)CC1(O)C(F)(F)F. The van der Waals surface area contributed by atoms with Gasteiger partial charge in [0.1, 0.15) is 0 Å². The van der Waals surface area contributed by atoms with Gasteiger partial charge in [-0.3, -0.25) is 4.79 Å². The number of carbonyl (C=O) groups is 1. The highest BCUT2D eigenvalue weighted by Crippen LogP contribution is 2.42. The maximum Gasteiger partial charge on any atom is 0.438 e. The molecule has 4 nitrogen and oxygen atoms in total. The number of rotatable bonds is 2. The molecule has 1 atom stereocenters. The van der Waals surface area contributed by atoms with E-state index in [1.807, 2.05) is 0 Å². The summed E-state index contributed by atoms with van der Waals surface area (Å²) in [5, 5.41) is 14.2. The normalized spacial score (nSPS) is 20.5. The molecule has 0 spiro atoms. The predicted molar refractivity (Wildman–Crippen MR) is 88.9 cm³/mol. The van der Waals surface area contributed by atoms with Gasteiger partial charge in [-0.25, -0.2) is 0 Å². The van der Waals surface area contributed by atoms with Crippen molar-refractivity contribution in [1.29, 1.82) is 0 Å². The Balaban J connectivity index is 2.06. The minimum Gasteiger partial charge on any atom is -0.362 e. The number of nitrogens with zero attached hydrogens (tertiary/aromatic N) is 2. The minimum absolute atomic E-state index is 0.00409. The van der Waals surface area contributed by atoms with Gasteiger partial charge in [-0.05, 0) is 29.8 Å². The molecule has 130 valence electrons. The second-order valence-corrected chi connectivity index (χ2v) is 6.45. The molecule has 8 heteroatoms. The van der Waals surface area contributed by atoms with E-state index in [-0.39, 0.29) is 16.3 Å². The summed E-state index contributed by atoms with van der Waals surface area (Å²) >= 11 is 3.24.